The molecule has 2 aromatic rings. The fourth-order valence-electron chi connectivity index (χ4n) is 1.68. The number of aromatic nitrogens is 1. The van der Waals surface area contributed by atoms with Crippen molar-refractivity contribution >= 4 is 29.7 Å². The molecule has 0 unspecified atom stereocenters. The number of rotatable bonds is 4. The van der Waals surface area contributed by atoms with Crippen molar-refractivity contribution in [3.63, 3.8) is 0 Å². The third-order valence-corrected chi connectivity index (χ3v) is 3.58. The molecule has 2 rings (SSSR count). The van der Waals surface area contributed by atoms with Crippen molar-refractivity contribution in [3.8, 4) is 10.6 Å². The van der Waals surface area contributed by atoms with Crippen LogP contribution in [-0.4, -0.2) is 17.6 Å². The van der Waals surface area contributed by atoms with Gasteiger partial charge in [0.25, 0.3) is 0 Å². The van der Waals surface area contributed by atoms with E-state index in [0.717, 1.165) is 12.1 Å². The Balaban J connectivity index is 0.00000242. The number of nitrogens with zero attached hydrogens (tertiary/aromatic N) is 1. The van der Waals surface area contributed by atoms with Crippen LogP contribution >= 0.6 is 23.7 Å². The molecule has 120 valence electrons. The third-order valence-electron chi connectivity index (χ3n) is 2.64. The van der Waals surface area contributed by atoms with Gasteiger partial charge >= 0.3 is 12.1 Å². The highest BCUT2D eigenvalue weighted by Gasteiger charge is 2.30. The minimum Gasteiger partial charge on any atom is -0.466 e. The molecule has 1 aromatic heterocycles. The summed E-state index contributed by atoms with van der Waals surface area (Å²) in [5, 5.41) is 2.27. The highest BCUT2D eigenvalue weighted by atomic mass is 35.5. The molecule has 0 aliphatic carbocycles. The van der Waals surface area contributed by atoms with Crippen LogP contribution in [-0.2, 0) is 22.1 Å². The van der Waals surface area contributed by atoms with Crippen LogP contribution < -0.4 is 0 Å². The summed E-state index contributed by atoms with van der Waals surface area (Å²) in [6.07, 6.45) is -4.29. The van der Waals surface area contributed by atoms with E-state index in [-0.39, 0.29) is 24.8 Å². The Morgan fingerprint density at radius 2 is 1.91 bits per heavy atom. The summed E-state index contributed by atoms with van der Waals surface area (Å²) in [6.45, 7) is 2.02. The van der Waals surface area contributed by atoms with Crippen LogP contribution in [0.3, 0.4) is 0 Å². The fraction of sp³-hybridized carbons (Fsp3) is 0.286. The van der Waals surface area contributed by atoms with Gasteiger partial charge in [0.15, 0.2) is 0 Å². The number of alkyl halides is 3. The Bertz CT molecular complexity index is 626. The van der Waals surface area contributed by atoms with Gasteiger partial charge in [-0.1, -0.05) is 12.1 Å². The molecule has 0 N–H and O–H groups in total. The molecule has 22 heavy (non-hydrogen) atoms. The lowest BCUT2D eigenvalue weighted by atomic mass is 10.1. The first-order valence-corrected chi connectivity index (χ1v) is 7.05. The van der Waals surface area contributed by atoms with E-state index >= 15 is 0 Å². The van der Waals surface area contributed by atoms with Gasteiger partial charge in [-0.3, -0.25) is 4.79 Å². The van der Waals surface area contributed by atoms with Gasteiger partial charge in [0.1, 0.15) is 5.01 Å². The number of ether oxygens (including phenoxy) is 1. The molecule has 0 atom stereocenters. The molecule has 8 heteroatoms. The van der Waals surface area contributed by atoms with E-state index in [1.54, 1.807) is 12.3 Å². The lowest BCUT2D eigenvalue weighted by molar-refractivity contribution is -0.142. The first-order valence-electron chi connectivity index (χ1n) is 6.18. The summed E-state index contributed by atoms with van der Waals surface area (Å²) in [5.41, 5.74) is 0.436. The normalized spacial score (nSPS) is 10.9. The molecule has 1 aromatic carbocycles. The van der Waals surface area contributed by atoms with E-state index in [1.165, 1.54) is 23.5 Å². The molecular formula is C14H13ClF3NO2S. The highest BCUT2D eigenvalue weighted by molar-refractivity contribution is 7.13. The zero-order chi connectivity index (χ0) is 15.5. The number of carbonyl (C=O) groups is 1. The predicted molar refractivity (Wildman–Crippen MR) is 80.1 cm³/mol. The summed E-state index contributed by atoms with van der Waals surface area (Å²) in [6, 6.07) is 4.77. The lowest BCUT2D eigenvalue weighted by Gasteiger charge is -2.06. The van der Waals surface area contributed by atoms with E-state index in [1.807, 2.05) is 0 Å². The van der Waals surface area contributed by atoms with Crippen LogP contribution in [0.25, 0.3) is 10.6 Å². The Kier molecular flexibility index (Phi) is 6.37. The van der Waals surface area contributed by atoms with Gasteiger partial charge in [0.2, 0.25) is 0 Å². The average Bonchev–Trinajstić information content (AvgIpc) is 2.86. The quantitative estimate of drug-likeness (QED) is 0.768. The molecule has 0 amide bonds. The second kappa shape index (κ2) is 7.60. The van der Waals surface area contributed by atoms with Crippen LogP contribution in [0.1, 0.15) is 18.2 Å². The molecule has 0 saturated heterocycles. The standard InChI is InChI=1S/C14H12F3NO2S.ClH/c1-2-20-12(19)7-11-8-21-13(18-11)9-3-5-10(6-4-9)14(15,16)17;/h3-6,8H,2,7H2,1H3;1H. The van der Waals surface area contributed by atoms with E-state index in [4.69, 9.17) is 4.74 Å². The Labute approximate surface area is 135 Å². The second-order valence-electron chi connectivity index (χ2n) is 4.20. The zero-order valence-electron chi connectivity index (χ0n) is 11.5. The van der Waals surface area contributed by atoms with Crippen molar-refractivity contribution in [2.75, 3.05) is 6.61 Å². The molecule has 0 fully saturated rings. The van der Waals surface area contributed by atoms with E-state index < -0.39 is 11.7 Å². The van der Waals surface area contributed by atoms with Gasteiger partial charge in [-0.15, -0.1) is 23.7 Å². The highest BCUT2D eigenvalue weighted by Crippen LogP contribution is 2.31. The van der Waals surface area contributed by atoms with E-state index in [9.17, 15) is 18.0 Å². The molecule has 0 aliphatic rings. The number of hydrogen-bond acceptors (Lipinski definition) is 4. The Hall–Kier alpha value is -1.60. The molecule has 0 saturated carbocycles. The monoisotopic (exact) mass is 351 g/mol. The molecule has 0 spiro atoms. The van der Waals surface area contributed by atoms with Crippen LogP contribution in [0.5, 0.6) is 0 Å². The smallest absolute Gasteiger partial charge is 0.416 e. The van der Waals surface area contributed by atoms with Crippen LogP contribution in [0, 0.1) is 0 Å². The van der Waals surface area contributed by atoms with Crippen molar-refractivity contribution in [1.29, 1.82) is 0 Å². The fourth-order valence-corrected chi connectivity index (χ4v) is 2.51. The van der Waals surface area contributed by atoms with E-state index in [2.05, 4.69) is 4.98 Å². The van der Waals surface area contributed by atoms with Gasteiger partial charge in [0.05, 0.1) is 24.3 Å². The predicted octanol–water partition coefficient (Wildman–Crippen LogP) is 4.36. The average molecular weight is 352 g/mol. The van der Waals surface area contributed by atoms with Crippen molar-refractivity contribution in [2.45, 2.75) is 19.5 Å². The summed E-state index contributed by atoms with van der Waals surface area (Å²) < 4.78 is 42.2. The minimum absolute atomic E-state index is 0. The molecule has 0 bridgehead atoms. The van der Waals surface area contributed by atoms with Crippen molar-refractivity contribution in [1.82, 2.24) is 4.98 Å². The molecular weight excluding hydrogens is 339 g/mol. The van der Waals surface area contributed by atoms with Crippen LogP contribution in [0.15, 0.2) is 29.6 Å². The first kappa shape index (κ1) is 18.4. The summed E-state index contributed by atoms with van der Waals surface area (Å²) in [7, 11) is 0. The Morgan fingerprint density at radius 3 is 2.45 bits per heavy atom. The van der Waals surface area contributed by atoms with Gasteiger partial charge < -0.3 is 4.74 Å². The summed E-state index contributed by atoms with van der Waals surface area (Å²) >= 11 is 1.28. The van der Waals surface area contributed by atoms with Gasteiger partial charge in [-0.05, 0) is 19.1 Å². The van der Waals surface area contributed by atoms with Crippen molar-refractivity contribution < 1.29 is 22.7 Å². The van der Waals surface area contributed by atoms with Gasteiger partial charge in [-0.2, -0.15) is 13.2 Å². The van der Waals surface area contributed by atoms with Crippen molar-refractivity contribution in [3.05, 3.63) is 40.9 Å². The maximum absolute atomic E-state index is 12.5. The Morgan fingerprint density at radius 1 is 1.27 bits per heavy atom. The third kappa shape index (κ3) is 4.71. The maximum atomic E-state index is 12.5. The number of halogens is 4. The minimum atomic E-state index is -4.35. The summed E-state index contributed by atoms with van der Waals surface area (Å²) in [4.78, 5) is 15.6. The van der Waals surface area contributed by atoms with E-state index in [0.29, 0.717) is 22.9 Å². The number of carbonyl (C=O) groups excluding carboxylic acids is 1. The molecule has 0 radical (unpaired) electrons. The zero-order valence-corrected chi connectivity index (χ0v) is 13.1. The maximum Gasteiger partial charge on any atom is 0.416 e. The van der Waals surface area contributed by atoms with Gasteiger partial charge in [-0.25, -0.2) is 4.98 Å². The largest absolute Gasteiger partial charge is 0.466 e. The SMILES string of the molecule is CCOC(=O)Cc1csc(-c2ccc(C(F)(F)F)cc2)n1.Cl. The number of hydrogen-bond donors (Lipinski definition) is 0. The number of esters is 1. The number of thiazole rings is 1. The second-order valence-corrected chi connectivity index (χ2v) is 5.06. The lowest BCUT2D eigenvalue weighted by Crippen LogP contribution is -2.07. The number of benzene rings is 1. The first-order chi connectivity index (χ1) is 9.90. The summed E-state index contributed by atoms with van der Waals surface area (Å²) in [5.74, 6) is -0.373. The van der Waals surface area contributed by atoms with Crippen LogP contribution in [0.4, 0.5) is 13.2 Å². The molecule has 0 aliphatic heterocycles. The topological polar surface area (TPSA) is 39.2 Å². The molecule has 3 nitrogen and oxygen atoms in total. The van der Waals surface area contributed by atoms with Crippen molar-refractivity contribution in [2.24, 2.45) is 0 Å². The van der Waals surface area contributed by atoms with Gasteiger partial charge in [0, 0.05) is 10.9 Å². The van der Waals surface area contributed by atoms with Crippen LogP contribution in [0.2, 0.25) is 0 Å². The molecule has 1 heterocycles.